The lowest BCUT2D eigenvalue weighted by Crippen LogP contribution is -2.53. The third-order valence-corrected chi connectivity index (χ3v) is 6.93. The molecular weight excluding hydrogens is 402 g/mol. The van der Waals surface area contributed by atoms with Gasteiger partial charge in [0.2, 0.25) is 11.8 Å². The van der Waals surface area contributed by atoms with E-state index in [1.54, 1.807) is 13.3 Å². The van der Waals surface area contributed by atoms with E-state index in [2.05, 4.69) is 40.2 Å². The fraction of sp³-hybridized carbons (Fsp3) is 0.500. The van der Waals surface area contributed by atoms with Crippen molar-refractivity contribution in [1.82, 2.24) is 14.8 Å². The van der Waals surface area contributed by atoms with Gasteiger partial charge in [-0.1, -0.05) is 30.3 Å². The van der Waals surface area contributed by atoms with Crippen LogP contribution in [-0.2, 0) is 20.7 Å². The smallest absolute Gasteiger partial charge is 0.248 e. The van der Waals surface area contributed by atoms with Gasteiger partial charge in [0.05, 0.1) is 5.41 Å². The number of aromatic nitrogens is 1. The number of nitrogens with zero attached hydrogens (tertiary/aromatic N) is 3. The van der Waals surface area contributed by atoms with Crippen LogP contribution in [0.15, 0.2) is 48.8 Å². The summed E-state index contributed by atoms with van der Waals surface area (Å²) in [6.45, 7) is 3.02. The topological polar surface area (TPSA) is 62.7 Å². The number of amides is 2. The number of pyridine rings is 1. The van der Waals surface area contributed by atoms with E-state index in [9.17, 15) is 9.59 Å². The number of hydrogen-bond donors (Lipinski definition) is 0. The van der Waals surface area contributed by atoms with Crippen LogP contribution >= 0.6 is 0 Å². The third-order valence-electron chi connectivity index (χ3n) is 6.93. The van der Waals surface area contributed by atoms with Crippen LogP contribution in [0, 0.1) is 5.41 Å². The lowest BCUT2D eigenvalue weighted by atomic mass is 9.72. The summed E-state index contributed by atoms with van der Waals surface area (Å²) in [5.41, 5.74) is 2.93. The second-order valence-electron chi connectivity index (χ2n) is 9.06. The largest absolute Gasteiger partial charge is 0.375 e. The molecule has 6 nitrogen and oxygen atoms in total. The Hall–Kier alpha value is -2.73. The predicted molar refractivity (Wildman–Crippen MR) is 124 cm³/mol. The fourth-order valence-electron chi connectivity index (χ4n) is 5.04. The average Bonchev–Trinajstić information content (AvgIpc) is 2.86. The molecule has 170 valence electrons. The molecule has 2 fully saturated rings. The molecule has 0 aliphatic carbocycles. The number of likely N-dealkylation sites (tertiary alicyclic amines) is 2. The maximum Gasteiger partial charge on any atom is 0.248 e. The van der Waals surface area contributed by atoms with E-state index in [-0.39, 0.29) is 18.4 Å². The van der Waals surface area contributed by atoms with Crippen molar-refractivity contribution in [3.05, 3.63) is 54.4 Å². The van der Waals surface area contributed by atoms with Crippen molar-refractivity contribution >= 4 is 11.8 Å². The Labute approximate surface area is 190 Å². The molecule has 2 aliphatic heterocycles. The normalized spacial score (nSPS) is 18.4. The maximum atomic E-state index is 13.8. The summed E-state index contributed by atoms with van der Waals surface area (Å²) in [5, 5.41) is 0. The van der Waals surface area contributed by atoms with E-state index in [0.29, 0.717) is 32.4 Å². The summed E-state index contributed by atoms with van der Waals surface area (Å²) in [5.74, 6) is 0.278. The second kappa shape index (κ2) is 10.3. The molecule has 2 amide bonds. The van der Waals surface area contributed by atoms with Gasteiger partial charge in [-0.15, -0.1) is 0 Å². The molecule has 0 radical (unpaired) electrons. The Bertz CT molecular complexity index is 900. The standard InChI is InChI=1S/C26H33N3O3/c1-32-20-24(30)28-16-11-26(12-17-28,25(31)29-14-3-2-4-15-29)18-21-7-9-22(10-8-21)23-6-5-13-27-19-23/h5-10,13,19H,2-4,11-12,14-18,20H2,1H3. The van der Waals surface area contributed by atoms with Crippen molar-refractivity contribution < 1.29 is 14.3 Å². The lowest BCUT2D eigenvalue weighted by Gasteiger charge is -2.44. The highest BCUT2D eigenvalue weighted by Crippen LogP contribution is 2.38. The Morgan fingerprint density at radius 1 is 0.938 bits per heavy atom. The van der Waals surface area contributed by atoms with Crippen molar-refractivity contribution in [1.29, 1.82) is 0 Å². The zero-order valence-corrected chi connectivity index (χ0v) is 19.0. The second-order valence-corrected chi connectivity index (χ2v) is 9.06. The molecule has 6 heteroatoms. The highest BCUT2D eigenvalue weighted by Gasteiger charge is 2.44. The Balaban J connectivity index is 1.53. The van der Waals surface area contributed by atoms with Gasteiger partial charge in [0.15, 0.2) is 0 Å². The van der Waals surface area contributed by atoms with Gasteiger partial charge >= 0.3 is 0 Å². The minimum absolute atomic E-state index is 0.00680. The van der Waals surface area contributed by atoms with Crippen LogP contribution in [0.3, 0.4) is 0 Å². The molecule has 32 heavy (non-hydrogen) atoms. The molecule has 3 heterocycles. The molecule has 0 bridgehead atoms. The number of carbonyl (C=O) groups is 2. The highest BCUT2D eigenvalue weighted by molar-refractivity contribution is 5.84. The maximum absolute atomic E-state index is 13.8. The molecule has 2 saturated heterocycles. The lowest BCUT2D eigenvalue weighted by molar-refractivity contribution is -0.150. The summed E-state index contributed by atoms with van der Waals surface area (Å²) in [4.78, 5) is 34.2. The van der Waals surface area contributed by atoms with Crippen molar-refractivity contribution in [2.24, 2.45) is 5.41 Å². The highest BCUT2D eigenvalue weighted by atomic mass is 16.5. The van der Waals surface area contributed by atoms with Gasteiger partial charge in [-0.2, -0.15) is 0 Å². The number of carbonyl (C=O) groups excluding carboxylic acids is 2. The van der Waals surface area contributed by atoms with Crippen LogP contribution in [0.2, 0.25) is 0 Å². The van der Waals surface area contributed by atoms with Gasteiger partial charge in [0.1, 0.15) is 6.61 Å². The quantitative estimate of drug-likeness (QED) is 0.696. The van der Waals surface area contributed by atoms with Crippen LogP contribution in [0.4, 0.5) is 0 Å². The number of ether oxygens (including phenoxy) is 1. The number of rotatable bonds is 6. The molecule has 1 aromatic heterocycles. The van der Waals surface area contributed by atoms with E-state index < -0.39 is 5.41 Å². The molecule has 0 N–H and O–H groups in total. The van der Waals surface area contributed by atoms with Crippen LogP contribution < -0.4 is 0 Å². The summed E-state index contributed by atoms with van der Waals surface area (Å²) in [6, 6.07) is 12.5. The third kappa shape index (κ3) is 5.01. The molecule has 0 unspecified atom stereocenters. The monoisotopic (exact) mass is 435 g/mol. The van der Waals surface area contributed by atoms with Gasteiger partial charge in [-0.05, 0) is 61.3 Å². The SMILES string of the molecule is COCC(=O)N1CCC(Cc2ccc(-c3cccnc3)cc2)(C(=O)N2CCCCC2)CC1. The predicted octanol–water partition coefficient (Wildman–Crippen LogP) is 3.56. The Morgan fingerprint density at radius 3 is 2.28 bits per heavy atom. The summed E-state index contributed by atoms with van der Waals surface area (Å²) >= 11 is 0. The van der Waals surface area contributed by atoms with E-state index in [4.69, 9.17) is 4.74 Å². The van der Waals surface area contributed by atoms with Crippen molar-refractivity contribution in [2.45, 2.75) is 38.5 Å². The molecule has 2 aliphatic rings. The van der Waals surface area contributed by atoms with Gasteiger partial charge < -0.3 is 14.5 Å². The fourth-order valence-corrected chi connectivity index (χ4v) is 5.04. The first-order valence-corrected chi connectivity index (χ1v) is 11.7. The van der Waals surface area contributed by atoms with E-state index in [0.717, 1.165) is 37.1 Å². The number of hydrogen-bond acceptors (Lipinski definition) is 4. The average molecular weight is 436 g/mol. The van der Waals surface area contributed by atoms with Crippen LogP contribution in [0.25, 0.3) is 11.1 Å². The molecule has 0 atom stereocenters. The minimum Gasteiger partial charge on any atom is -0.375 e. The first-order valence-electron chi connectivity index (χ1n) is 11.7. The van der Waals surface area contributed by atoms with E-state index in [1.165, 1.54) is 12.0 Å². The van der Waals surface area contributed by atoms with Crippen LogP contribution in [-0.4, -0.2) is 66.5 Å². The number of piperidine rings is 2. The Kier molecular flexibility index (Phi) is 7.20. The van der Waals surface area contributed by atoms with Gasteiger partial charge in [0.25, 0.3) is 0 Å². The van der Waals surface area contributed by atoms with Crippen LogP contribution in [0.5, 0.6) is 0 Å². The summed E-state index contributed by atoms with van der Waals surface area (Å²) in [6.07, 6.45) is 9.11. The van der Waals surface area contributed by atoms with Gasteiger partial charge in [0, 0.05) is 45.7 Å². The first kappa shape index (κ1) is 22.5. The molecule has 1 aromatic carbocycles. The van der Waals surface area contributed by atoms with Gasteiger partial charge in [-0.25, -0.2) is 0 Å². The van der Waals surface area contributed by atoms with Crippen LogP contribution in [0.1, 0.15) is 37.7 Å². The van der Waals surface area contributed by atoms with Crippen molar-refractivity contribution in [2.75, 3.05) is 39.9 Å². The molecule has 0 saturated carbocycles. The van der Waals surface area contributed by atoms with Crippen molar-refractivity contribution in [3.8, 4) is 11.1 Å². The molecule has 4 rings (SSSR count). The molecule has 2 aromatic rings. The van der Waals surface area contributed by atoms with Gasteiger partial charge in [-0.3, -0.25) is 14.6 Å². The number of methoxy groups -OCH3 is 1. The van der Waals surface area contributed by atoms with Crippen molar-refractivity contribution in [3.63, 3.8) is 0 Å². The minimum atomic E-state index is -0.447. The van der Waals surface area contributed by atoms with E-state index in [1.807, 2.05) is 17.2 Å². The Morgan fingerprint density at radius 2 is 1.66 bits per heavy atom. The molecule has 0 spiro atoms. The first-order chi connectivity index (χ1) is 15.6. The zero-order chi connectivity index (χ0) is 22.4. The zero-order valence-electron chi connectivity index (χ0n) is 19.0. The molecular formula is C26H33N3O3. The van der Waals surface area contributed by atoms with E-state index >= 15 is 0 Å². The number of benzene rings is 1. The summed E-state index contributed by atoms with van der Waals surface area (Å²) < 4.78 is 5.02. The summed E-state index contributed by atoms with van der Waals surface area (Å²) in [7, 11) is 1.54.